The summed E-state index contributed by atoms with van der Waals surface area (Å²) in [6.45, 7) is 0.481. The summed E-state index contributed by atoms with van der Waals surface area (Å²) in [5.74, 6) is 1.36. The van der Waals surface area contributed by atoms with Gasteiger partial charge >= 0.3 is 0 Å². The fourth-order valence-corrected chi connectivity index (χ4v) is 2.70. The Morgan fingerprint density at radius 2 is 2.04 bits per heavy atom. The van der Waals surface area contributed by atoms with E-state index in [0.29, 0.717) is 42.4 Å². The summed E-state index contributed by atoms with van der Waals surface area (Å²) in [7, 11) is 0. The van der Waals surface area contributed by atoms with Crippen molar-refractivity contribution in [1.82, 2.24) is 5.32 Å². The first-order valence-corrected chi connectivity index (χ1v) is 8.00. The molecule has 1 fully saturated rings. The number of furan rings is 1. The lowest BCUT2D eigenvalue weighted by molar-refractivity contribution is -0.121. The van der Waals surface area contributed by atoms with Crippen LogP contribution in [0.5, 0.6) is 0 Å². The third-order valence-electron chi connectivity index (χ3n) is 4.19. The van der Waals surface area contributed by atoms with Gasteiger partial charge in [0.25, 0.3) is 0 Å². The van der Waals surface area contributed by atoms with Crippen LogP contribution in [-0.2, 0) is 11.2 Å². The van der Waals surface area contributed by atoms with Crippen molar-refractivity contribution < 1.29 is 13.6 Å². The average molecular weight is 353 g/mol. The molecule has 1 aromatic heterocycles. The predicted molar refractivity (Wildman–Crippen MR) is 93.4 cm³/mol. The Morgan fingerprint density at radius 3 is 2.71 bits per heavy atom. The number of aryl methyl sites for hydroxylation is 1. The first-order valence-electron chi connectivity index (χ1n) is 8.00. The first-order chi connectivity index (χ1) is 11.2. The molecule has 130 valence electrons. The number of nitrogens with one attached hydrogen (secondary N) is 1. The quantitative estimate of drug-likeness (QED) is 0.803. The molecule has 1 amide bonds. The fraction of sp³-hybridized carbons (Fsp3) is 0.389. The molecule has 2 aromatic rings. The van der Waals surface area contributed by atoms with Crippen LogP contribution in [0.3, 0.4) is 0 Å². The largest absolute Gasteiger partial charge is 0.461 e. The normalized spacial score (nSPS) is 14.8. The topological polar surface area (TPSA) is 68.3 Å². The highest BCUT2D eigenvalue weighted by molar-refractivity contribution is 5.85. The van der Waals surface area contributed by atoms with Gasteiger partial charge in [-0.05, 0) is 43.0 Å². The molecular weight excluding hydrogens is 331 g/mol. The van der Waals surface area contributed by atoms with E-state index in [4.69, 9.17) is 10.2 Å². The Morgan fingerprint density at radius 1 is 1.29 bits per heavy atom. The molecule has 1 unspecified atom stereocenters. The van der Waals surface area contributed by atoms with Crippen LogP contribution in [0.25, 0.3) is 11.3 Å². The molecule has 0 bridgehead atoms. The molecule has 1 atom stereocenters. The third kappa shape index (κ3) is 4.58. The van der Waals surface area contributed by atoms with Crippen molar-refractivity contribution in [3.8, 4) is 11.3 Å². The van der Waals surface area contributed by atoms with E-state index in [-0.39, 0.29) is 30.2 Å². The average Bonchev–Trinajstić information content (AvgIpc) is 3.29. The van der Waals surface area contributed by atoms with Gasteiger partial charge in [0.2, 0.25) is 5.91 Å². The Bertz CT molecular complexity index is 685. The number of benzene rings is 1. The molecule has 24 heavy (non-hydrogen) atoms. The summed E-state index contributed by atoms with van der Waals surface area (Å²) in [4.78, 5) is 12.0. The number of rotatable bonds is 7. The Hall–Kier alpha value is -1.85. The summed E-state index contributed by atoms with van der Waals surface area (Å²) < 4.78 is 19.4. The molecule has 4 nitrogen and oxygen atoms in total. The number of nitrogens with two attached hydrogens (primary N) is 1. The zero-order valence-corrected chi connectivity index (χ0v) is 14.2. The summed E-state index contributed by atoms with van der Waals surface area (Å²) in [6.07, 6.45) is 3.12. The highest BCUT2D eigenvalue weighted by Gasteiger charge is 2.31. The number of amides is 1. The van der Waals surface area contributed by atoms with Gasteiger partial charge in [-0.3, -0.25) is 4.79 Å². The highest BCUT2D eigenvalue weighted by atomic mass is 35.5. The van der Waals surface area contributed by atoms with Gasteiger partial charge in [-0.2, -0.15) is 0 Å². The van der Waals surface area contributed by atoms with Crippen LogP contribution >= 0.6 is 12.4 Å². The van der Waals surface area contributed by atoms with E-state index in [1.807, 2.05) is 0 Å². The molecule has 1 aliphatic carbocycles. The lowest BCUT2D eigenvalue weighted by Crippen LogP contribution is -2.41. The third-order valence-corrected chi connectivity index (χ3v) is 4.19. The predicted octanol–water partition coefficient (Wildman–Crippen LogP) is 3.29. The van der Waals surface area contributed by atoms with Gasteiger partial charge in [0.05, 0.1) is 5.56 Å². The van der Waals surface area contributed by atoms with Gasteiger partial charge in [0, 0.05) is 25.4 Å². The SMILES string of the molecule is Cl.NCC(NC(=O)CCc1ccc(-c2ccccc2F)o1)C1CC1. The summed E-state index contributed by atoms with van der Waals surface area (Å²) in [5, 5.41) is 2.98. The van der Waals surface area contributed by atoms with Gasteiger partial charge < -0.3 is 15.5 Å². The van der Waals surface area contributed by atoms with E-state index in [0.717, 1.165) is 12.8 Å². The molecular formula is C18H22ClFN2O2. The molecule has 0 saturated heterocycles. The van der Waals surface area contributed by atoms with Crippen LogP contribution in [0, 0.1) is 11.7 Å². The fourth-order valence-electron chi connectivity index (χ4n) is 2.70. The number of carbonyl (C=O) groups excluding carboxylic acids is 1. The van der Waals surface area contributed by atoms with Gasteiger partial charge in [-0.1, -0.05) is 12.1 Å². The van der Waals surface area contributed by atoms with Crippen molar-refractivity contribution in [1.29, 1.82) is 0 Å². The first kappa shape index (κ1) is 18.5. The van der Waals surface area contributed by atoms with Crippen LogP contribution in [0.2, 0.25) is 0 Å². The lowest BCUT2D eigenvalue weighted by atomic mass is 10.1. The Balaban J connectivity index is 0.00000208. The second-order valence-electron chi connectivity index (χ2n) is 5.99. The van der Waals surface area contributed by atoms with Crippen molar-refractivity contribution in [2.75, 3.05) is 6.54 Å². The maximum atomic E-state index is 13.7. The maximum Gasteiger partial charge on any atom is 0.220 e. The second kappa shape index (κ2) is 8.31. The van der Waals surface area contributed by atoms with E-state index >= 15 is 0 Å². The minimum Gasteiger partial charge on any atom is -0.461 e. The van der Waals surface area contributed by atoms with E-state index in [9.17, 15) is 9.18 Å². The monoisotopic (exact) mass is 352 g/mol. The second-order valence-corrected chi connectivity index (χ2v) is 5.99. The Kier molecular flexibility index (Phi) is 6.40. The van der Waals surface area contributed by atoms with Crippen molar-refractivity contribution in [3.05, 3.63) is 48.0 Å². The van der Waals surface area contributed by atoms with E-state index < -0.39 is 0 Å². The van der Waals surface area contributed by atoms with Crippen molar-refractivity contribution in [2.24, 2.45) is 11.7 Å². The molecule has 6 heteroatoms. The van der Waals surface area contributed by atoms with Crippen LogP contribution in [0.15, 0.2) is 40.8 Å². The van der Waals surface area contributed by atoms with Crippen LogP contribution in [-0.4, -0.2) is 18.5 Å². The molecule has 1 aliphatic rings. The summed E-state index contributed by atoms with van der Waals surface area (Å²) in [6, 6.07) is 10.1. The summed E-state index contributed by atoms with van der Waals surface area (Å²) in [5.41, 5.74) is 6.11. The number of hydrogen-bond acceptors (Lipinski definition) is 3. The van der Waals surface area contributed by atoms with E-state index in [2.05, 4.69) is 5.32 Å². The molecule has 3 N–H and O–H groups in total. The van der Waals surface area contributed by atoms with Crippen LogP contribution in [0.1, 0.15) is 25.0 Å². The molecule has 0 aliphatic heterocycles. The van der Waals surface area contributed by atoms with Crippen LogP contribution in [0.4, 0.5) is 4.39 Å². The lowest BCUT2D eigenvalue weighted by Gasteiger charge is -2.15. The maximum absolute atomic E-state index is 13.7. The summed E-state index contributed by atoms with van der Waals surface area (Å²) >= 11 is 0. The van der Waals surface area contributed by atoms with Crippen LogP contribution < -0.4 is 11.1 Å². The highest BCUT2D eigenvalue weighted by Crippen LogP contribution is 2.32. The standard InChI is InChI=1S/C18H21FN2O2.ClH/c19-15-4-2-1-3-14(15)17-9-7-13(23-17)8-10-18(22)21-16(11-20)12-5-6-12;/h1-4,7,9,12,16H,5-6,8,10-11,20H2,(H,21,22);1H. The molecule has 0 spiro atoms. The van der Waals surface area contributed by atoms with E-state index in [1.54, 1.807) is 30.3 Å². The van der Waals surface area contributed by atoms with Gasteiger partial charge in [-0.15, -0.1) is 12.4 Å². The molecule has 1 heterocycles. The number of carbonyl (C=O) groups is 1. The molecule has 3 rings (SSSR count). The minimum absolute atomic E-state index is 0. The van der Waals surface area contributed by atoms with Crippen molar-refractivity contribution in [3.63, 3.8) is 0 Å². The van der Waals surface area contributed by atoms with Gasteiger partial charge in [0.15, 0.2) is 0 Å². The van der Waals surface area contributed by atoms with Gasteiger partial charge in [-0.25, -0.2) is 4.39 Å². The molecule has 0 radical (unpaired) electrons. The smallest absolute Gasteiger partial charge is 0.220 e. The Labute approximate surface area is 147 Å². The number of hydrogen-bond donors (Lipinski definition) is 2. The molecule has 1 aromatic carbocycles. The zero-order chi connectivity index (χ0) is 16.2. The van der Waals surface area contributed by atoms with Crippen molar-refractivity contribution >= 4 is 18.3 Å². The minimum atomic E-state index is -0.318. The molecule has 1 saturated carbocycles. The van der Waals surface area contributed by atoms with Gasteiger partial charge in [0.1, 0.15) is 17.3 Å². The van der Waals surface area contributed by atoms with E-state index in [1.165, 1.54) is 6.07 Å². The zero-order valence-electron chi connectivity index (χ0n) is 13.3. The van der Waals surface area contributed by atoms with Crippen molar-refractivity contribution in [2.45, 2.75) is 31.7 Å². The number of halogens is 2.